The fraction of sp³-hybridized carbons (Fsp3) is 0.0870. The molecule has 0 aliphatic carbocycles. The van der Waals surface area contributed by atoms with E-state index in [0.717, 1.165) is 11.1 Å². The van der Waals surface area contributed by atoms with Crippen molar-refractivity contribution < 1.29 is 18.7 Å². The Hall–Kier alpha value is -2.99. The molecule has 2 aromatic carbocycles. The number of halogens is 2. The SMILES string of the molecule is Cc1ccc(-c2ccc(CO)o2)cc1NC(=O)c1ccc(-c2cc(Cl)ccc2Cl)o1. The van der Waals surface area contributed by atoms with Crippen molar-refractivity contribution in [1.29, 1.82) is 0 Å². The number of benzene rings is 2. The van der Waals surface area contributed by atoms with Crippen LogP contribution >= 0.6 is 23.2 Å². The number of nitrogens with one attached hydrogen (secondary N) is 1. The lowest BCUT2D eigenvalue weighted by Crippen LogP contribution is -2.11. The summed E-state index contributed by atoms with van der Waals surface area (Å²) in [5.74, 6) is 1.27. The molecule has 4 aromatic rings. The van der Waals surface area contributed by atoms with Crippen molar-refractivity contribution in [1.82, 2.24) is 0 Å². The Morgan fingerprint density at radius 1 is 0.967 bits per heavy atom. The van der Waals surface area contributed by atoms with Crippen LogP contribution < -0.4 is 5.32 Å². The highest BCUT2D eigenvalue weighted by atomic mass is 35.5. The Balaban J connectivity index is 1.58. The maximum absolute atomic E-state index is 12.7. The molecule has 1 amide bonds. The second kappa shape index (κ2) is 8.40. The highest BCUT2D eigenvalue weighted by molar-refractivity contribution is 6.35. The van der Waals surface area contributed by atoms with Crippen molar-refractivity contribution in [2.24, 2.45) is 0 Å². The average molecular weight is 442 g/mol. The molecule has 0 saturated carbocycles. The average Bonchev–Trinajstić information content (AvgIpc) is 3.41. The van der Waals surface area contributed by atoms with Gasteiger partial charge in [0.25, 0.3) is 5.91 Å². The van der Waals surface area contributed by atoms with E-state index >= 15 is 0 Å². The van der Waals surface area contributed by atoms with Crippen LogP contribution in [0.3, 0.4) is 0 Å². The molecule has 0 aliphatic heterocycles. The van der Waals surface area contributed by atoms with Gasteiger partial charge >= 0.3 is 0 Å². The number of carbonyl (C=O) groups is 1. The van der Waals surface area contributed by atoms with Crippen LogP contribution in [0.4, 0.5) is 5.69 Å². The zero-order valence-electron chi connectivity index (χ0n) is 15.9. The minimum Gasteiger partial charge on any atom is -0.459 e. The van der Waals surface area contributed by atoms with E-state index in [0.29, 0.717) is 38.6 Å². The topological polar surface area (TPSA) is 75.6 Å². The van der Waals surface area contributed by atoms with E-state index in [1.807, 2.05) is 25.1 Å². The second-order valence-electron chi connectivity index (χ2n) is 6.70. The minimum atomic E-state index is -0.393. The number of furan rings is 2. The lowest BCUT2D eigenvalue weighted by Gasteiger charge is -2.09. The summed E-state index contributed by atoms with van der Waals surface area (Å²) in [6.45, 7) is 1.72. The Bertz CT molecular complexity index is 1230. The number of aliphatic hydroxyl groups excluding tert-OH is 1. The van der Waals surface area contributed by atoms with E-state index in [2.05, 4.69) is 5.32 Å². The van der Waals surface area contributed by atoms with Crippen LogP contribution in [-0.4, -0.2) is 11.0 Å². The van der Waals surface area contributed by atoms with Crippen LogP contribution in [0.5, 0.6) is 0 Å². The van der Waals surface area contributed by atoms with E-state index in [1.54, 1.807) is 42.5 Å². The van der Waals surface area contributed by atoms with Gasteiger partial charge in [0.15, 0.2) is 5.76 Å². The number of aryl methyl sites for hydroxylation is 1. The lowest BCUT2D eigenvalue weighted by molar-refractivity contribution is 0.0997. The number of amides is 1. The van der Waals surface area contributed by atoms with Crippen molar-refractivity contribution >= 4 is 34.8 Å². The standard InChI is InChI=1S/C23H17Cl2NO4/c1-13-2-3-14(20-7-5-16(12-27)29-20)10-19(13)26-23(28)22-9-8-21(30-22)17-11-15(24)4-6-18(17)25/h2-11,27H,12H2,1H3,(H,26,28). The molecule has 30 heavy (non-hydrogen) atoms. The highest BCUT2D eigenvalue weighted by Crippen LogP contribution is 2.32. The summed E-state index contributed by atoms with van der Waals surface area (Å²) in [5.41, 5.74) is 2.89. The smallest absolute Gasteiger partial charge is 0.291 e. The summed E-state index contributed by atoms with van der Waals surface area (Å²) in [4.78, 5) is 12.7. The molecular weight excluding hydrogens is 425 g/mol. The molecule has 0 aliphatic rings. The molecular formula is C23H17Cl2NO4. The lowest BCUT2D eigenvalue weighted by atomic mass is 10.1. The third-order valence-electron chi connectivity index (χ3n) is 4.61. The van der Waals surface area contributed by atoms with Crippen LogP contribution in [0.2, 0.25) is 10.0 Å². The second-order valence-corrected chi connectivity index (χ2v) is 7.54. The van der Waals surface area contributed by atoms with Gasteiger partial charge in [-0.25, -0.2) is 0 Å². The van der Waals surface area contributed by atoms with Crippen molar-refractivity contribution in [2.75, 3.05) is 5.32 Å². The zero-order valence-corrected chi connectivity index (χ0v) is 17.4. The van der Waals surface area contributed by atoms with E-state index in [1.165, 1.54) is 0 Å². The molecule has 2 N–H and O–H groups in total. The van der Waals surface area contributed by atoms with E-state index in [9.17, 15) is 9.90 Å². The number of aliphatic hydroxyl groups is 1. The number of carbonyl (C=O) groups excluding carboxylic acids is 1. The molecule has 0 atom stereocenters. The van der Waals surface area contributed by atoms with Gasteiger partial charge in [0.05, 0.1) is 5.02 Å². The summed E-state index contributed by atoms with van der Waals surface area (Å²) in [7, 11) is 0. The number of hydrogen-bond donors (Lipinski definition) is 2. The third kappa shape index (κ3) is 4.14. The first-order valence-electron chi connectivity index (χ1n) is 9.12. The monoisotopic (exact) mass is 441 g/mol. The first-order valence-corrected chi connectivity index (χ1v) is 9.87. The molecule has 7 heteroatoms. The van der Waals surface area contributed by atoms with Gasteiger partial charge < -0.3 is 19.3 Å². The molecule has 2 aromatic heterocycles. The van der Waals surface area contributed by atoms with Crippen molar-refractivity contribution in [3.05, 3.63) is 87.8 Å². The van der Waals surface area contributed by atoms with Crippen LogP contribution in [-0.2, 0) is 6.61 Å². The minimum absolute atomic E-state index is 0.145. The van der Waals surface area contributed by atoms with Crippen molar-refractivity contribution in [2.45, 2.75) is 13.5 Å². The number of rotatable bonds is 5. The molecule has 5 nitrogen and oxygen atoms in total. The zero-order chi connectivity index (χ0) is 21.3. The summed E-state index contributed by atoms with van der Waals surface area (Å²) in [5, 5.41) is 13.0. The van der Waals surface area contributed by atoms with E-state index < -0.39 is 5.91 Å². The molecule has 0 fully saturated rings. The summed E-state index contributed by atoms with van der Waals surface area (Å²) < 4.78 is 11.3. The Morgan fingerprint density at radius 2 is 1.77 bits per heavy atom. The largest absolute Gasteiger partial charge is 0.459 e. The maximum Gasteiger partial charge on any atom is 0.291 e. The third-order valence-corrected chi connectivity index (χ3v) is 5.18. The Morgan fingerprint density at radius 3 is 2.53 bits per heavy atom. The highest BCUT2D eigenvalue weighted by Gasteiger charge is 2.16. The summed E-state index contributed by atoms with van der Waals surface area (Å²) in [6.07, 6.45) is 0. The van der Waals surface area contributed by atoms with Gasteiger partial charge in [-0.1, -0.05) is 35.3 Å². The maximum atomic E-state index is 12.7. The summed E-state index contributed by atoms with van der Waals surface area (Å²) >= 11 is 12.3. The first kappa shape index (κ1) is 20.3. The molecule has 0 saturated heterocycles. The fourth-order valence-electron chi connectivity index (χ4n) is 3.00. The van der Waals surface area contributed by atoms with Crippen LogP contribution in [0.15, 0.2) is 69.5 Å². The molecule has 2 heterocycles. The van der Waals surface area contributed by atoms with Crippen LogP contribution in [0.1, 0.15) is 21.9 Å². The van der Waals surface area contributed by atoms with Crippen molar-refractivity contribution in [3.8, 4) is 22.6 Å². The van der Waals surface area contributed by atoms with Crippen LogP contribution in [0, 0.1) is 6.92 Å². The first-order chi connectivity index (χ1) is 14.4. The molecule has 0 spiro atoms. The van der Waals surface area contributed by atoms with Gasteiger partial charge in [-0.15, -0.1) is 0 Å². The van der Waals surface area contributed by atoms with Gasteiger partial charge in [0.1, 0.15) is 23.9 Å². The van der Waals surface area contributed by atoms with E-state index in [4.69, 9.17) is 32.0 Å². The summed E-state index contributed by atoms with van der Waals surface area (Å²) in [6, 6.07) is 17.4. The molecule has 0 bridgehead atoms. The fourth-order valence-corrected chi connectivity index (χ4v) is 3.39. The normalized spacial score (nSPS) is 10.9. The van der Waals surface area contributed by atoms with Gasteiger partial charge in [0.2, 0.25) is 0 Å². The quantitative estimate of drug-likeness (QED) is 0.367. The molecule has 152 valence electrons. The van der Waals surface area contributed by atoms with E-state index in [-0.39, 0.29) is 12.4 Å². The molecule has 4 rings (SSSR count). The van der Waals surface area contributed by atoms with Gasteiger partial charge in [-0.05, 0) is 61.0 Å². The van der Waals surface area contributed by atoms with Gasteiger partial charge in [-0.2, -0.15) is 0 Å². The van der Waals surface area contributed by atoms with Crippen LogP contribution in [0.25, 0.3) is 22.6 Å². The van der Waals surface area contributed by atoms with Crippen molar-refractivity contribution in [3.63, 3.8) is 0 Å². The Labute approximate surface area is 182 Å². The molecule has 0 unspecified atom stereocenters. The predicted octanol–water partition coefficient (Wildman–Crippen LogP) is 6.57. The van der Waals surface area contributed by atoms with Gasteiger partial charge in [0, 0.05) is 21.8 Å². The number of hydrogen-bond acceptors (Lipinski definition) is 4. The molecule has 0 radical (unpaired) electrons. The Kier molecular flexibility index (Phi) is 5.68. The predicted molar refractivity (Wildman–Crippen MR) is 117 cm³/mol. The number of anilines is 1. The van der Waals surface area contributed by atoms with Gasteiger partial charge in [-0.3, -0.25) is 4.79 Å².